The van der Waals surface area contributed by atoms with Crippen molar-refractivity contribution in [2.75, 3.05) is 25.0 Å². The number of furan rings is 1. The summed E-state index contributed by atoms with van der Waals surface area (Å²) in [6, 6.07) is 7.48. The van der Waals surface area contributed by atoms with Gasteiger partial charge in [-0.15, -0.1) is 0 Å². The van der Waals surface area contributed by atoms with Crippen LogP contribution < -0.4 is 10.6 Å². The molecule has 1 fully saturated rings. The maximum Gasteiger partial charge on any atom is 0.294 e. The number of halogens is 1. The number of nitrogens with one attached hydrogen (secondary N) is 2. The van der Waals surface area contributed by atoms with Gasteiger partial charge in [-0.3, -0.25) is 24.6 Å². The third-order valence-corrected chi connectivity index (χ3v) is 4.92. The van der Waals surface area contributed by atoms with Crippen molar-refractivity contribution in [2.24, 2.45) is 0 Å². The third kappa shape index (κ3) is 5.55. The molecule has 154 valence electrons. The van der Waals surface area contributed by atoms with Crippen LogP contribution in [-0.2, 0) is 4.79 Å². The summed E-state index contributed by atoms with van der Waals surface area (Å²) in [6.45, 7) is 3.13. The highest BCUT2D eigenvalue weighted by molar-refractivity contribution is 6.31. The van der Waals surface area contributed by atoms with E-state index in [-0.39, 0.29) is 46.6 Å². The number of nitro benzene ring substituents is 1. The van der Waals surface area contributed by atoms with Gasteiger partial charge < -0.3 is 15.1 Å². The van der Waals surface area contributed by atoms with E-state index < -0.39 is 4.92 Å². The van der Waals surface area contributed by atoms with Gasteiger partial charge in [-0.05, 0) is 44.0 Å². The zero-order chi connectivity index (χ0) is 21.0. The number of anilines is 1. The van der Waals surface area contributed by atoms with Gasteiger partial charge in [-0.1, -0.05) is 11.6 Å². The Hall–Kier alpha value is -2.91. The number of hydrogen-bond acceptors (Lipinski definition) is 6. The molecule has 1 aliphatic heterocycles. The number of likely N-dealkylation sites (tertiary alicyclic amines) is 1. The molecular formula is C19H21ClN4O5. The molecule has 9 nitrogen and oxygen atoms in total. The highest BCUT2D eigenvalue weighted by atomic mass is 35.5. The molecule has 10 heteroatoms. The van der Waals surface area contributed by atoms with E-state index >= 15 is 0 Å². The first-order valence-corrected chi connectivity index (χ1v) is 9.53. The van der Waals surface area contributed by atoms with E-state index in [0.717, 1.165) is 0 Å². The Morgan fingerprint density at radius 1 is 1.28 bits per heavy atom. The lowest BCUT2D eigenvalue weighted by molar-refractivity contribution is -0.383. The molecule has 2 N–H and O–H groups in total. The summed E-state index contributed by atoms with van der Waals surface area (Å²) in [4.78, 5) is 36.9. The van der Waals surface area contributed by atoms with Gasteiger partial charge >= 0.3 is 0 Å². The van der Waals surface area contributed by atoms with Crippen LogP contribution in [0.25, 0.3) is 0 Å². The van der Waals surface area contributed by atoms with E-state index in [9.17, 15) is 19.7 Å². The van der Waals surface area contributed by atoms with Crippen molar-refractivity contribution >= 4 is 34.8 Å². The fourth-order valence-electron chi connectivity index (χ4n) is 3.20. The van der Waals surface area contributed by atoms with Crippen molar-refractivity contribution in [3.8, 4) is 0 Å². The minimum absolute atomic E-state index is 0.00423. The average Bonchev–Trinajstić information content (AvgIpc) is 3.11. The normalized spacial score (nSPS) is 15.1. The first-order chi connectivity index (χ1) is 13.8. The number of piperidine rings is 1. The van der Waals surface area contributed by atoms with E-state index in [4.69, 9.17) is 16.0 Å². The maximum atomic E-state index is 12.3. The number of nitrogens with zero attached hydrogens (tertiary/aromatic N) is 2. The van der Waals surface area contributed by atoms with E-state index in [2.05, 4.69) is 10.6 Å². The van der Waals surface area contributed by atoms with Crippen LogP contribution in [0.3, 0.4) is 0 Å². The standard InChI is InChI=1S/C19H21ClN4O5/c1-12-2-5-17(29-12)19(26)21-14-6-8-23(9-7-14)11-18(25)22-15-4-3-13(20)10-16(15)24(27)28/h2-5,10,14H,6-9,11H2,1H3,(H,21,26)(H,22,25). The molecule has 2 aromatic rings. The molecule has 1 aromatic carbocycles. The van der Waals surface area contributed by atoms with Crippen LogP contribution in [0.15, 0.2) is 34.7 Å². The topological polar surface area (TPSA) is 118 Å². The summed E-state index contributed by atoms with van der Waals surface area (Å²) in [5.74, 6) is 0.374. The molecule has 2 heterocycles. The van der Waals surface area contributed by atoms with Crippen molar-refractivity contribution in [3.63, 3.8) is 0 Å². The molecule has 2 amide bonds. The van der Waals surface area contributed by atoms with Gasteiger partial charge in [-0.25, -0.2) is 0 Å². The van der Waals surface area contributed by atoms with E-state index in [1.165, 1.54) is 18.2 Å². The van der Waals surface area contributed by atoms with Crippen molar-refractivity contribution in [1.29, 1.82) is 0 Å². The zero-order valence-electron chi connectivity index (χ0n) is 15.8. The summed E-state index contributed by atoms with van der Waals surface area (Å²) in [5.41, 5.74) is -0.138. The van der Waals surface area contributed by atoms with Crippen molar-refractivity contribution in [1.82, 2.24) is 10.2 Å². The monoisotopic (exact) mass is 420 g/mol. The lowest BCUT2D eigenvalue weighted by atomic mass is 10.0. The van der Waals surface area contributed by atoms with E-state index in [0.29, 0.717) is 31.7 Å². The second kappa shape index (κ2) is 9.06. The van der Waals surface area contributed by atoms with Crippen molar-refractivity contribution < 1.29 is 18.9 Å². The first kappa shape index (κ1) is 20.8. The first-order valence-electron chi connectivity index (χ1n) is 9.15. The SMILES string of the molecule is Cc1ccc(C(=O)NC2CCN(CC(=O)Nc3ccc(Cl)cc3[N+](=O)[O-])CC2)o1. The Morgan fingerprint density at radius 3 is 2.62 bits per heavy atom. The number of carbonyl (C=O) groups excluding carboxylic acids is 2. The summed E-state index contributed by atoms with van der Waals surface area (Å²) < 4.78 is 5.32. The van der Waals surface area contributed by atoms with Gasteiger partial charge in [0, 0.05) is 30.2 Å². The molecule has 1 aromatic heterocycles. The summed E-state index contributed by atoms with van der Waals surface area (Å²) in [5, 5.41) is 16.9. The molecule has 0 unspecified atom stereocenters. The van der Waals surface area contributed by atoms with Gasteiger partial charge in [-0.2, -0.15) is 0 Å². The second-order valence-electron chi connectivity index (χ2n) is 6.90. The minimum Gasteiger partial charge on any atom is -0.456 e. The summed E-state index contributed by atoms with van der Waals surface area (Å²) >= 11 is 5.78. The van der Waals surface area contributed by atoms with Gasteiger partial charge in [0.05, 0.1) is 11.5 Å². The average molecular weight is 421 g/mol. The lowest BCUT2D eigenvalue weighted by Crippen LogP contribution is -2.46. The molecule has 29 heavy (non-hydrogen) atoms. The predicted molar refractivity (Wildman–Crippen MR) is 107 cm³/mol. The number of nitro groups is 1. The van der Waals surface area contributed by atoms with Crippen LogP contribution in [0.1, 0.15) is 29.2 Å². The molecule has 0 radical (unpaired) electrons. The fourth-order valence-corrected chi connectivity index (χ4v) is 3.37. The van der Waals surface area contributed by atoms with Gasteiger partial charge in [0.1, 0.15) is 11.4 Å². The van der Waals surface area contributed by atoms with Crippen LogP contribution in [0.5, 0.6) is 0 Å². The highest BCUT2D eigenvalue weighted by Gasteiger charge is 2.24. The van der Waals surface area contributed by atoms with Gasteiger partial charge in [0.15, 0.2) is 5.76 Å². The Balaban J connectivity index is 1.48. The van der Waals surface area contributed by atoms with Crippen LogP contribution in [0.2, 0.25) is 5.02 Å². The largest absolute Gasteiger partial charge is 0.456 e. The Bertz CT molecular complexity index is 921. The number of rotatable bonds is 6. The van der Waals surface area contributed by atoms with Crippen LogP contribution >= 0.6 is 11.6 Å². The highest BCUT2D eigenvalue weighted by Crippen LogP contribution is 2.27. The molecule has 1 saturated heterocycles. The Kier molecular flexibility index (Phi) is 6.50. The summed E-state index contributed by atoms with van der Waals surface area (Å²) in [6.07, 6.45) is 1.39. The number of carbonyl (C=O) groups is 2. The lowest BCUT2D eigenvalue weighted by Gasteiger charge is -2.31. The molecule has 0 atom stereocenters. The Labute approximate surface area is 172 Å². The third-order valence-electron chi connectivity index (χ3n) is 4.68. The van der Waals surface area contributed by atoms with Crippen molar-refractivity contribution in [3.05, 3.63) is 57.0 Å². The molecular weight excluding hydrogens is 400 g/mol. The minimum atomic E-state index is -0.587. The van der Waals surface area contributed by atoms with E-state index in [1.54, 1.807) is 19.1 Å². The van der Waals surface area contributed by atoms with Gasteiger partial charge in [0.25, 0.3) is 11.6 Å². The van der Waals surface area contributed by atoms with Crippen LogP contribution in [-0.4, -0.2) is 47.3 Å². The second-order valence-corrected chi connectivity index (χ2v) is 7.34. The smallest absolute Gasteiger partial charge is 0.294 e. The van der Waals surface area contributed by atoms with E-state index in [1.807, 2.05) is 4.90 Å². The van der Waals surface area contributed by atoms with Crippen LogP contribution in [0, 0.1) is 17.0 Å². The predicted octanol–water partition coefficient (Wildman–Crippen LogP) is 2.98. The maximum absolute atomic E-state index is 12.3. The number of amides is 2. The quantitative estimate of drug-likeness (QED) is 0.548. The molecule has 0 spiro atoms. The number of aryl methyl sites for hydroxylation is 1. The fraction of sp³-hybridized carbons (Fsp3) is 0.368. The molecule has 0 bridgehead atoms. The zero-order valence-corrected chi connectivity index (χ0v) is 16.6. The summed E-state index contributed by atoms with van der Waals surface area (Å²) in [7, 11) is 0. The molecule has 3 rings (SSSR count). The number of benzene rings is 1. The molecule has 1 aliphatic rings. The van der Waals surface area contributed by atoms with Gasteiger partial charge in [0.2, 0.25) is 5.91 Å². The van der Waals surface area contributed by atoms with Crippen molar-refractivity contribution in [2.45, 2.75) is 25.8 Å². The number of hydrogen-bond donors (Lipinski definition) is 2. The molecule has 0 saturated carbocycles. The molecule has 0 aliphatic carbocycles. The van der Waals surface area contributed by atoms with Crippen LogP contribution in [0.4, 0.5) is 11.4 Å². The Morgan fingerprint density at radius 2 is 2.00 bits per heavy atom.